The molecule has 3 aliphatic heterocycles. The van der Waals surface area contributed by atoms with Crippen LogP contribution in [-0.4, -0.2) is 82.5 Å². The molecule has 3 aliphatic rings. The van der Waals surface area contributed by atoms with E-state index in [9.17, 15) is 5.11 Å². The zero-order valence-corrected chi connectivity index (χ0v) is 23.6. The molecule has 2 aromatic carbocycles. The highest BCUT2D eigenvalue weighted by atomic mass is 35.5. The molecule has 2 atom stereocenters. The number of hydrogen-bond acceptors (Lipinski definition) is 10. The number of hydrogen-bond donors (Lipinski definition) is 3. The Labute approximate surface area is 240 Å². The molecule has 5 heterocycles. The molecule has 2 aromatic heterocycles. The molecule has 12 heteroatoms. The number of fused-ring (bicyclic) bond motifs is 3. The lowest BCUT2D eigenvalue weighted by Gasteiger charge is -2.34. The molecule has 0 amide bonds. The van der Waals surface area contributed by atoms with Crippen LogP contribution in [0.25, 0.3) is 32.2 Å². The van der Waals surface area contributed by atoms with Crippen molar-refractivity contribution in [2.45, 2.75) is 37.3 Å². The van der Waals surface area contributed by atoms with Crippen molar-refractivity contribution in [1.82, 2.24) is 25.2 Å². The van der Waals surface area contributed by atoms with E-state index in [1.807, 2.05) is 12.1 Å². The molecule has 0 unspecified atom stereocenters. The summed E-state index contributed by atoms with van der Waals surface area (Å²) in [7, 11) is 0. The van der Waals surface area contributed by atoms with Gasteiger partial charge in [-0.2, -0.15) is 9.97 Å². The van der Waals surface area contributed by atoms with Gasteiger partial charge in [-0.25, -0.2) is 9.37 Å². The Hall–Kier alpha value is -2.83. The zero-order chi connectivity index (χ0) is 27.4. The summed E-state index contributed by atoms with van der Waals surface area (Å²) in [4.78, 5) is 18.4. The van der Waals surface area contributed by atoms with Crippen molar-refractivity contribution in [3.05, 3.63) is 35.1 Å². The SMILES string of the molecule is Nc1nc2c(-c3c(Cl)cc4c(N5CCNCC5)nc(OC[C@@]56CCCN5[C@@H](CO)CC6)nc4c3F)cccc2s1. The molecule has 210 valence electrons. The molecule has 3 fully saturated rings. The number of benzene rings is 2. The minimum atomic E-state index is -0.535. The van der Waals surface area contributed by atoms with Crippen molar-refractivity contribution in [3.8, 4) is 17.1 Å². The van der Waals surface area contributed by atoms with Gasteiger partial charge in [-0.3, -0.25) is 4.90 Å². The van der Waals surface area contributed by atoms with Crippen molar-refractivity contribution in [2.24, 2.45) is 0 Å². The highest BCUT2D eigenvalue weighted by molar-refractivity contribution is 7.22. The Morgan fingerprint density at radius 3 is 2.85 bits per heavy atom. The number of nitrogens with two attached hydrogens (primary N) is 1. The third-order valence-corrected chi connectivity index (χ3v) is 9.83. The van der Waals surface area contributed by atoms with Crippen molar-refractivity contribution in [3.63, 3.8) is 0 Å². The van der Waals surface area contributed by atoms with Gasteiger partial charge in [-0.05, 0) is 44.4 Å². The lowest BCUT2D eigenvalue weighted by molar-refractivity contribution is 0.0644. The molecular weight excluding hydrogens is 553 g/mol. The Bertz CT molecular complexity index is 1600. The summed E-state index contributed by atoms with van der Waals surface area (Å²) in [5.74, 6) is 0.0810. The van der Waals surface area contributed by atoms with E-state index in [0.717, 1.165) is 63.1 Å². The van der Waals surface area contributed by atoms with Crippen LogP contribution in [0.2, 0.25) is 5.02 Å². The Morgan fingerprint density at radius 2 is 2.02 bits per heavy atom. The van der Waals surface area contributed by atoms with Crippen LogP contribution in [0.5, 0.6) is 6.01 Å². The van der Waals surface area contributed by atoms with Gasteiger partial charge in [0.2, 0.25) is 0 Å². The number of piperazine rings is 1. The number of halogens is 2. The molecule has 4 N–H and O–H groups in total. The lowest BCUT2D eigenvalue weighted by atomic mass is 9.95. The lowest BCUT2D eigenvalue weighted by Crippen LogP contribution is -2.47. The van der Waals surface area contributed by atoms with Gasteiger partial charge in [0.1, 0.15) is 17.9 Å². The van der Waals surface area contributed by atoms with Crippen LogP contribution in [0.1, 0.15) is 25.7 Å². The highest BCUT2D eigenvalue weighted by Crippen LogP contribution is 2.44. The number of nitrogen functional groups attached to an aromatic ring is 1. The first-order valence-electron chi connectivity index (χ1n) is 13.8. The molecule has 0 bridgehead atoms. The van der Waals surface area contributed by atoms with Gasteiger partial charge in [-0.1, -0.05) is 35.1 Å². The van der Waals surface area contributed by atoms with E-state index >= 15 is 4.39 Å². The first-order chi connectivity index (χ1) is 19.5. The predicted octanol–water partition coefficient (Wildman–Crippen LogP) is 4.06. The van der Waals surface area contributed by atoms with Crippen molar-refractivity contribution in [1.29, 1.82) is 0 Å². The first-order valence-corrected chi connectivity index (χ1v) is 15.0. The van der Waals surface area contributed by atoms with E-state index in [0.29, 0.717) is 34.0 Å². The van der Waals surface area contributed by atoms with Crippen molar-refractivity contribution in [2.75, 3.05) is 56.6 Å². The standard InChI is InChI=1S/C28H31ClFN7O2S/c29-19-13-18-24(22(30)21(19)17-3-1-4-20-23(17)33-26(31)40-20)34-27(35-25(18)36-11-8-32-9-12-36)39-15-28-6-2-10-37(28)16(14-38)5-7-28/h1,3-4,13,16,32,38H,2,5-12,14-15H2,(H2,31,33)/t16-,28+/m1/s1. The number of thiazole rings is 1. The molecule has 9 nitrogen and oxygen atoms in total. The van der Waals surface area contributed by atoms with Crippen LogP contribution < -0.4 is 20.7 Å². The molecule has 4 aromatic rings. The molecule has 0 aliphatic carbocycles. The van der Waals surface area contributed by atoms with Gasteiger partial charge in [0.25, 0.3) is 0 Å². The van der Waals surface area contributed by atoms with Gasteiger partial charge in [0, 0.05) is 48.7 Å². The van der Waals surface area contributed by atoms with E-state index in [2.05, 4.69) is 25.1 Å². The second-order valence-electron chi connectivity index (χ2n) is 10.9. The topological polar surface area (TPSA) is 113 Å². The van der Waals surface area contributed by atoms with E-state index < -0.39 is 5.82 Å². The van der Waals surface area contributed by atoms with Gasteiger partial charge >= 0.3 is 6.01 Å². The van der Waals surface area contributed by atoms with Crippen molar-refractivity contribution < 1.29 is 14.2 Å². The summed E-state index contributed by atoms with van der Waals surface area (Å²) in [6.45, 7) is 4.53. The smallest absolute Gasteiger partial charge is 0.319 e. The maximum atomic E-state index is 16.6. The summed E-state index contributed by atoms with van der Waals surface area (Å²) in [5, 5.41) is 14.5. The quantitative estimate of drug-likeness (QED) is 0.309. The highest BCUT2D eigenvalue weighted by Gasteiger charge is 2.49. The normalized spacial score (nSPS) is 23.4. The van der Waals surface area contributed by atoms with Crippen LogP contribution >= 0.6 is 22.9 Å². The van der Waals surface area contributed by atoms with Crippen LogP contribution in [-0.2, 0) is 0 Å². The second-order valence-corrected chi connectivity index (χ2v) is 12.4. The fourth-order valence-electron chi connectivity index (χ4n) is 6.76. The fourth-order valence-corrected chi connectivity index (χ4v) is 7.82. The average Bonchev–Trinajstić information content (AvgIpc) is 3.65. The maximum absolute atomic E-state index is 16.6. The molecule has 0 spiro atoms. The third-order valence-electron chi connectivity index (χ3n) is 8.68. The van der Waals surface area contributed by atoms with Gasteiger partial charge in [-0.15, -0.1) is 0 Å². The van der Waals surface area contributed by atoms with Crippen LogP contribution in [0.4, 0.5) is 15.3 Å². The van der Waals surface area contributed by atoms with Crippen molar-refractivity contribution >= 4 is 55.0 Å². The zero-order valence-electron chi connectivity index (χ0n) is 22.0. The number of para-hydroxylation sites is 1. The fraction of sp³-hybridized carbons (Fsp3) is 0.464. The van der Waals surface area contributed by atoms with Gasteiger partial charge in [0.05, 0.1) is 27.4 Å². The molecule has 7 rings (SSSR count). The number of nitrogens with one attached hydrogen (secondary N) is 1. The summed E-state index contributed by atoms with van der Waals surface area (Å²) in [6.07, 6.45) is 3.95. The number of nitrogens with zero attached hydrogens (tertiary/aromatic N) is 5. The number of aliphatic hydroxyl groups excluding tert-OH is 1. The molecule has 3 saturated heterocycles. The number of aromatic nitrogens is 3. The number of rotatable bonds is 6. The minimum absolute atomic E-state index is 0.146. The summed E-state index contributed by atoms with van der Waals surface area (Å²) in [5.41, 5.74) is 7.42. The summed E-state index contributed by atoms with van der Waals surface area (Å²) >= 11 is 8.15. The third kappa shape index (κ3) is 4.26. The largest absolute Gasteiger partial charge is 0.461 e. The molecule has 0 saturated carbocycles. The molecule has 40 heavy (non-hydrogen) atoms. The predicted molar refractivity (Wildman–Crippen MR) is 157 cm³/mol. The minimum Gasteiger partial charge on any atom is -0.461 e. The molecule has 0 radical (unpaired) electrons. The average molecular weight is 584 g/mol. The first kappa shape index (κ1) is 26.1. The Balaban J connectivity index is 1.34. The van der Waals surface area contributed by atoms with E-state index in [-0.39, 0.29) is 40.3 Å². The maximum Gasteiger partial charge on any atom is 0.319 e. The molecular formula is C28H31ClFN7O2S. The monoisotopic (exact) mass is 583 g/mol. The number of anilines is 2. The van der Waals surface area contributed by atoms with Crippen LogP contribution in [0.3, 0.4) is 0 Å². The van der Waals surface area contributed by atoms with E-state index in [1.54, 1.807) is 12.1 Å². The summed E-state index contributed by atoms with van der Waals surface area (Å²) in [6, 6.07) is 7.63. The number of ether oxygens (including phenoxy) is 1. The van der Waals surface area contributed by atoms with E-state index in [1.165, 1.54) is 11.3 Å². The van der Waals surface area contributed by atoms with Gasteiger partial charge < -0.3 is 25.8 Å². The summed E-state index contributed by atoms with van der Waals surface area (Å²) < 4.78 is 23.8. The Kier molecular flexibility index (Phi) is 6.67. The van der Waals surface area contributed by atoms with Gasteiger partial charge in [0.15, 0.2) is 10.9 Å². The van der Waals surface area contributed by atoms with Crippen LogP contribution in [0.15, 0.2) is 24.3 Å². The number of aliphatic hydroxyl groups is 1. The Morgan fingerprint density at radius 1 is 1.18 bits per heavy atom. The second kappa shape index (κ2) is 10.2. The van der Waals surface area contributed by atoms with Crippen LogP contribution in [0, 0.1) is 5.82 Å². The van der Waals surface area contributed by atoms with E-state index in [4.69, 9.17) is 27.1 Å².